The van der Waals surface area contributed by atoms with Crippen LogP contribution in [0.4, 0.5) is 15.9 Å². The summed E-state index contributed by atoms with van der Waals surface area (Å²) in [5.41, 5.74) is 0.568. The summed E-state index contributed by atoms with van der Waals surface area (Å²) < 4.78 is 13.6. The van der Waals surface area contributed by atoms with Crippen molar-refractivity contribution in [2.75, 3.05) is 5.32 Å². The molecule has 0 saturated carbocycles. The molecule has 17 heavy (non-hydrogen) atoms. The number of nitrogens with zero attached hydrogens (tertiary/aromatic N) is 1. The molecular formula is C11H6BrCl2FN2. The average Bonchev–Trinajstić information content (AvgIpc) is 2.30. The van der Waals surface area contributed by atoms with Crippen LogP contribution in [0.25, 0.3) is 0 Å². The van der Waals surface area contributed by atoms with E-state index >= 15 is 0 Å². The van der Waals surface area contributed by atoms with Crippen molar-refractivity contribution in [1.29, 1.82) is 0 Å². The van der Waals surface area contributed by atoms with Crippen LogP contribution in [-0.4, -0.2) is 4.98 Å². The van der Waals surface area contributed by atoms with Gasteiger partial charge in [0.2, 0.25) is 5.95 Å². The monoisotopic (exact) mass is 334 g/mol. The van der Waals surface area contributed by atoms with Crippen LogP contribution in [-0.2, 0) is 0 Å². The second-order valence-corrected chi connectivity index (χ2v) is 4.80. The molecule has 1 heterocycles. The van der Waals surface area contributed by atoms with E-state index in [2.05, 4.69) is 26.2 Å². The van der Waals surface area contributed by atoms with Crippen molar-refractivity contribution < 1.29 is 4.39 Å². The van der Waals surface area contributed by atoms with E-state index in [9.17, 15) is 4.39 Å². The number of halogens is 4. The van der Waals surface area contributed by atoms with E-state index < -0.39 is 5.95 Å². The summed E-state index contributed by atoms with van der Waals surface area (Å²) in [6, 6.07) is 7.93. The van der Waals surface area contributed by atoms with Crippen LogP contribution >= 0.6 is 39.1 Å². The molecule has 0 unspecified atom stereocenters. The molecule has 2 aromatic rings. The van der Waals surface area contributed by atoms with Gasteiger partial charge in [-0.3, -0.25) is 0 Å². The topological polar surface area (TPSA) is 24.9 Å². The van der Waals surface area contributed by atoms with Crippen molar-refractivity contribution in [3.8, 4) is 0 Å². The molecule has 0 aliphatic rings. The van der Waals surface area contributed by atoms with Gasteiger partial charge in [-0.2, -0.15) is 4.39 Å². The predicted molar refractivity (Wildman–Crippen MR) is 71.6 cm³/mol. The van der Waals surface area contributed by atoms with Crippen LogP contribution in [0.5, 0.6) is 0 Å². The molecule has 0 spiro atoms. The van der Waals surface area contributed by atoms with E-state index in [1.807, 2.05) is 0 Å². The number of pyridine rings is 1. The largest absolute Gasteiger partial charge is 0.339 e. The Labute approximate surface area is 116 Å². The Morgan fingerprint density at radius 1 is 1.12 bits per heavy atom. The Balaban J connectivity index is 2.34. The van der Waals surface area contributed by atoms with E-state index in [1.54, 1.807) is 24.3 Å². The molecule has 0 saturated heterocycles. The van der Waals surface area contributed by atoms with Gasteiger partial charge in [0, 0.05) is 4.47 Å². The highest BCUT2D eigenvalue weighted by molar-refractivity contribution is 9.10. The first-order valence-electron chi connectivity index (χ1n) is 4.61. The molecule has 0 amide bonds. The maximum atomic E-state index is 12.9. The SMILES string of the molecule is Fc1cccc(Nc2ccc(Br)c(Cl)c2Cl)n1. The van der Waals surface area contributed by atoms with Crippen LogP contribution in [0.3, 0.4) is 0 Å². The first kappa shape index (κ1) is 12.6. The summed E-state index contributed by atoms with van der Waals surface area (Å²) >= 11 is 15.3. The van der Waals surface area contributed by atoms with Crippen molar-refractivity contribution in [3.05, 3.63) is 50.8 Å². The van der Waals surface area contributed by atoms with Crippen molar-refractivity contribution in [3.63, 3.8) is 0 Å². The van der Waals surface area contributed by atoms with E-state index in [1.165, 1.54) is 6.07 Å². The van der Waals surface area contributed by atoms with Gasteiger partial charge in [-0.1, -0.05) is 29.3 Å². The van der Waals surface area contributed by atoms with Gasteiger partial charge >= 0.3 is 0 Å². The van der Waals surface area contributed by atoms with Gasteiger partial charge in [-0.15, -0.1) is 0 Å². The van der Waals surface area contributed by atoms with E-state index in [0.717, 1.165) is 0 Å². The zero-order valence-electron chi connectivity index (χ0n) is 8.35. The minimum absolute atomic E-state index is 0.354. The molecule has 88 valence electrons. The summed E-state index contributed by atoms with van der Waals surface area (Å²) in [5.74, 6) is -0.195. The molecule has 6 heteroatoms. The summed E-state index contributed by atoms with van der Waals surface area (Å²) in [5, 5.41) is 3.64. The fraction of sp³-hybridized carbons (Fsp3) is 0. The fourth-order valence-electron chi connectivity index (χ4n) is 1.24. The van der Waals surface area contributed by atoms with E-state index in [4.69, 9.17) is 23.2 Å². The van der Waals surface area contributed by atoms with Crippen molar-refractivity contribution in [1.82, 2.24) is 4.98 Å². The Morgan fingerprint density at radius 2 is 1.88 bits per heavy atom. The quantitative estimate of drug-likeness (QED) is 0.614. The normalized spacial score (nSPS) is 10.4. The molecule has 0 radical (unpaired) electrons. The molecule has 2 rings (SSSR count). The summed E-state index contributed by atoms with van der Waals surface area (Å²) in [4.78, 5) is 3.67. The number of aromatic nitrogens is 1. The number of anilines is 2. The van der Waals surface area contributed by atoms with Crippen molar-refractivity contribution in [2.24, 2.45) is 0 Å². The van der Waals surface area contributed by atoms with E-state index in [-0.39, 0.29) is 0 Å². The number of hydrogen-bond acceptors (Lipinski definition) is 2. The van der Waals surface area contributed by atoms with Gasteiger partial charge in [0.1, 0.15) is 5.82 Å². The first-order valence-corrected chi connectivity index (χ1v) is 6.16. The van der Waals surface area contributed by atoms with E-state index in [0.29, 0.717) is 26.0 Å². The van der Waals surface area contributed by atoms with Gasteiger partial charge in [-0.05, 0) is 40.2 Å². The van der Waals surface area contributed by atoms with Crippen LogP contribution in [0.1, 0.15) is 0 Å². The third kappa shape index (κ3) is 2.89. The maximum Gasteiger partial charge on any atom is 0.214 e. The van der Waals surface area contributed by atoms with Gasteiger partial charge in [0.25, 0.3) is 0 Å². The highest BCUT2D eigenvalue weighted by Crippen LogP contribution is 2.36. The van der Waals surface area contributed by atoms with Gasteiger partial charge in [0.15, 0.2) is 0 Å². The zero-order valence-corrected chi connectivity index (χ0v) is 11.4. The lowest BCUT2D eigenvalue weighted by atomic mass is 10.3. The third-order valence-electron chi connectivity index (χ3n) is 2.01. The smallest absolute Gasteiger partial charge is 0.214 e. The molecule has 0 aliphatic carbocycles. The fourth-order valence-corrected chi connectivity index (χ4v) is 2.06. The third-order valence-corrected chi connectivity index (χ3v) is 3.78. The summed E-state index contributed by atoms with van der Waals surface area (Å²) in [6.07, 6.45) is 0. The van der Waals surface area contributed by atoms with Crippen LogP contribution < -0.4 is 5.32 Å². The highest BCUT2D eigenvalue weighted by Gasteiger charge is 2.09. The molecule has 1 N–H and O–H groups in total. The van der Waals surface area contributed by atoms with Crippen molar-refractivity contribution in [2.45, 2.75) is 0 Å². The van der Waals surface area contributed by atoms with Gasteiger partial charge in [-0.25, -0.2) is 4.98 Å². The zero-order chi connectivity index (χ0) is 12.4. The molecule has 2 nitrogen and oxygen atoms in total. The molecule has 0 fully saturated rings. The van der Waals surface area contributed by atoms with Gasteiger partial charge in [0.05, 0.1) is 15.7 Å². The van der Waals surface area contributed by atoms with Crippen LogP contribution in [0.15, 0.2) is 34.8 Å². The lowest BCUT2D eigenvalue weighted by molar-refractivity contribution is 0.585. The minimum Gasteiger partial charge on any atom is -0.339 e. The van der Waals surface area contributed by atoms with Crippen LogP contribution in [0, 0.1) is 5.95 Å². The molecular weight excluding hydrogens is 330 g/mol. The lowest BCUT2D eigenvalue weighted by Gasteiger charge is -2.09. The standard InChI is InChI=1S/C11H6BrCl2FN2/c12-6-4-5-7(11(14)10(6)13)16-9-3-1-2-8(15)17-9/h1-5H,(H,16,17). The van der Waals surface area contributed by atoms with Crippen LogP contribution in [0.2, 0.25) is 10.0 Å². The second kappa shape index (κ2) is 5.21. The highest BCUT2D eigenvalue weighted by atomic mass is 79.9. The Hall–Kier alpha value is -0.840. The summed E-state index contributed by atoms with van der Waals surface area (Å²) in [6.45, 7) is 0. The molecule has 0 aliphatic heterocycles. The average molecular weight is 336 g/mol. The molecule has 1 aromatic heterocycles. The molecule has 0 bridgehead atoms. The first-order chi connectivity index (χ1) is 8.08. The Kier molecular flexibility index (Phi) is 3.86. The second-order valence-electron chi connectivity index (χ2n) is 3.19. The molecule has 0 atom stereocenters. The Bertz CT molecular complexity index is 563. The number of hydrogen-bond donors (Lipinski definition) is 1. The molecule has 1 aromatic carbocycles. The summed E-state index contributed by atoms with van der Waals surface area (Å²) in [7, 11) is 0. The van der Waals surface area contributed by atoms with Gasteiger partial charge < -0.3 is 5.32 Å². The number of benzene rings is 1. The predicted octanol–water partition coefficient (Wildman–Crippen LogP) is 5.03. The lowest BCUT2D eigenvalue weighted by Crippen LogP contribution is -1.95. The number of rotatable bonds is 2. The Morgan fingerprint density at radius 3 is 2.59 bits per heavy atom. The minimum atomic E-state index is -0.561. The number of nitrogens with one attached hydrogen (secondary N) is 1. The van der Waals surface area contributed by atoms with Crippen molar-refractivity contribution >= 4 is 50.6 Å². The maximum absolute atomic E-state index is 12.9.